The van der Waals surface area contributed by atoms with Gasteiger partial charge in [-0.2, -0.15) is 5.26 Å². The monoisotopic (exact) mass is 605 g/mol. The molecule has 1 atom stereocenters. The van der Waals surface area contributed by atoms with Gasteiger partial charge in [-0.3, -0.25) is 9.59 Å². The van der Waals surface area contributed by atoms with Gasteiger partial charge in [0.1, 0.15) is 22.8 Å². The lowest BCUT2D eigenvalue weighted by Crippen LogP contribution is -2.46. The summed E-state index contributed by atoms with van der Waals surface area (Å²) in [6.45, 7) is 0. The molecule has 0 bridgehead atoms. The van der Waals surface area contributed by atoms with Crippen molar-refractivity contribution >= 4 is 68.9 Å². The van der Waals surface area contributed by atoms with E-state index in [-0.39, 0.29) is 17.2 Å². The Hall–Kier alpha value is -3.81. The van der Waals surface area contributed by atoms with Crippen molar-refractivity contribution in [3.05, 3.63) is 122 Å². The third-order valence-electron chi connectivity index (χ3n) is 5.94. The highest BCUT2D eigenvalue weighted by Gasteiger charge is 2.36. The fourth-order valence-electron chi connectivity index (χ4n) is 4.19. The number of benzene rings is 3. The molecule has 3 aromatic carbocycles. The molecule has 2 heterocycles. The lowest BCUT2D eigenvalue weighted by molar-refractivity contribution is -0.118. The van der Waals surface area contributed by atoms with Gasteiger partial charge in [-0.25, -0.2) is 4.98 Å². The molecule has 4 aromatic rings. The molecular weight excluding hydrogens is 585 g/mol. The number of carbonyl (C=O) groups excluding carboxylic acids is 2. The topological polar surface area (TPSA) is 98.1 Å². The summed E-state index contributed by atoms with van der Waals surface area (Å²) >= 11 is 15.1. The number of nitrogens with one attached hydrogen (secondary N) is 2. The molecular formula is C29H21Cl2N5O2S2. The molecule has 0 radical (unpaired) electrons. The number of carbonyl (C=O) groups is 2. The minimum atomic E-state index is -0.681. The molecule has 7 nitrogen and oxygen atoms in total. The van der Waals surface area contributed by atoms with Gasteiger partial charge in [0.05, 0.1) is 5.75 Å². The van der Waals surface area contributed by atoms with E-state index in [9.17, 15) is 14.9 Å². The molecule has 1 aromatic heterocycles. The predicted molar refractivity (Wildman–Crippen MR) is 161 cm³/mol. The molecule has 5 rings (SSSR count). The Morgan fingerprint density at radius 1 is 1.10 bits per heavy atom. The van der Waals surface area contributed by atoms with Gasteiger partial charge in [0, 0.05) is 38.8 Å². The zero-order valence-electron chi connectivity index (χ0n) is 20.8. The van der Waals surface area contributed by atoms with E-state index in [1.165, 1.54) is 11.3 Å². The molecule has 2 amide bonds. The van der Waals surface area contributed by atoms with Crippen molar-refractivity contribution in [2.24, 2.45) is 0 Å². The number of aromatic nitrogens is 1. The molecule has 0 spiro atoms. The van der Waals surface area contributed by atoms with Crippen molar-refractivity contribution in [3.63, 3.8) is 0 Å². The fourth-order valence-corrected chi connectivity index (χ4v) is 6.48. The minimum absolute atomic E-state index is 0.0461. The molecule has 0 fully saturated rings. The van der Waals surface area contributed by atoms with Crippen molar-refractivity contribution in [3.8, 4) is 6.07 Å². The van der Waals surface area contributed by atoms with Crippen molar-refractivity contribution in [1.82, 2.24) is 10.3 Å². The van der Waals surface area contributed by atoms with Crippen LogP contribution in [0.1, 0.15) is 22.2 Å². The van der Waals surface area contributed by atoms with Gasteiger partial charge < -0.3 is 15.5 Å². The maximum Gasteiger partial charge on any atom is 0.266 e. The summed E-state index contributed by atoms with van der Waals surface area (Å²) < 4.78 is 0. The largest absolute Gasteiger partial charge is 0.327 e. The second-order valence-corrected chi connectivity index (χ2v) is 11.6. The van der Waals surface area contributed by atoms with Crippen LogP contribution in [-0.2, 0) is 16.0 Å². The van der Waals surface area contributed by atoms with E-state index < -0.39 is 12.1 Å². The number of hydrogen-bond acceptors (Lipinski definition) is 7. The summed E-state index contributed by atoms with van der Waals surface area (Å²) in [5.41, 5.74) is 2.36. The molecule has 0 aliphatic carbocycles. The Balaban J connectivity index is 1.36. The maximum atomic E-state index is 13.0. The zero-order valence-corrected chi connectivity index (χ0v) is 23.9. The number of halogens is 2. The van der Waals surface area contributed by atoms with Crippen LogP contribution in [-0.4, -0.2) is 22.6 Å². The number of rotatable bonds is 8. The van der Waals surface area contributed by atoms with Crippen molar-refractivity contribution in [2.75, 3.05) is 16.0 Å². The Labute approximate surface area is 249 Å². The highest BCUT2D eigenvalue weighted by molar-refractivity contribution is 8.03. The van der Waals surface area contributed by atoms with Crippen molar-refractivity contribution in [1.29, 1.82) is 5.26 Å². The zero-order chi connectivity index (χ0) is 28.1. The number of para-hydroxylation sites is 1. The quantitative estimate of drug-likeness (QED) is 0.230. The van der Waals surface area contributed by atoms with Crippen LogP contribution >= 0.6 is 46.3 Å². The van der Waals surface area contributed by atoms with Crippen LogP contribution in [0.3, 0.4) is 0 Å². The Morgan fingerprint density at radius 2 is 1.88 bits per heavy atom. The second-order valence-electron chi connectivity index (χ2n) is 8.67. The number of thioether (sulfide) groups is 1. The molecule has 0 saturated heterocycles. The molecule has 0 saturated carbocycles. The third kappa shape index (κ3) is 6.32. The van der Waals surface area contributed by atoms with Crippen LogP contribution in [0.15, 0.2) is 95.7 Å². The number of nitrogens with zero attached hydrogens (tertiary/aromatic N) is 3. The molecule has 1 aliphatic rings. The summed E-state index contributed by atoms with van der Waals surface area (Å²) in [6.07, 6.45) is 1.69. The molecule has 1 aliphatic heterocycles. The fraction of sp³-hybridized carbons (Fsp3) is 0.103. The average Bonchev–Trinajstić information content (AvgIpc) is 3.38. The summed E-state index contributed by atoms with van der Waals surface area (Å²) in [5, 5.41) is 17.6. The minimum Gasteiger partial charge on any atom is -0.327 e. The lowest BCUT2D eigenvalue weighted by atomic mass is 10.1. The van der Waals surface area contributed by atoms with Gasteiger partial charge in [0.2, 0.25) is 5.91 Å². The van der Waals surface area contributed by atoms with E-state index in [1.807, 2.05) is 77.7 Å². The number of nitriles is 1. The first-order valence-electron chi connectivity index (χ1n) is 12.1. The highest BCUT2D eigenvalue weighted by atomic mass is 35.5. The molecule has 0 unspecified atom stereocenters. The summed E-state index contributed by atoms with van der Waals surface area (Å²) in [4.78, 5) is 33.1. The SMILES string of the molecule is N#CC1=C(SCC(=O)Nc2ncc(Cc3cccc(Cl)c3)s2)N(c2ccccc2)[C@H](c2ccccc2Cl)NC1=O. The molecule has 11 heteroatoms. The van der Waals surface area contributed by atoms with E-state index in [2.05, 4.69) is 15.6 Å². The summed E-state index contributed by atoms with van der Waals surface area (Å²) in [5.74, 6) is -0.893. The Kier molecular flexibility index (Phi) is 8.72. The van der Waals surface area contributed by atoms with Gasteiger partial charge >= 0.3 is 0 Å². The number of thiazole rings is 1. The lowest BCUT2D eigenvalue weighted by Gasteiger charge is -2.39. The normalized spacial score (nSPS) is 15.0. The third-order valence-corrected chi connectivity index (χ3v) is 8.51. The van der Waals surface area contributed by atoms with E-state index in [0.29, 0.717) is 32.2 Å². The molecule has 2 N–H and O–H groups in total. The average molecular weight is 607 g/mol. The Morgan fingerprint density at radius 3 is 2.62 bits per heavy atom. The van der Waals surface area contributed by atoms with Gasteiger partial charge in [-0.1, -0.05) is 83.5 Å². The van der Waals surface area contributed by atoms with Crippen LogP contribution < -0.4 is 15.5 Å². The highest BCUT2D eigenvalue weighted by Crippen LogP contribution is 2.40. The van der Waals surface area contributed by atoms with Gasteiger partial charge in [-0.05, 0) is 35.9 Å². The van der Waals surface area contributed by atoms with Gasteiger partial charge in [0.25, 0.3) is 5.91 Å². The second kappa shape index (κ2) is 12.6. The van der Waals surface area contributed by atoms with E-state index in [4.69, 9.17) is 23.2 Å². The van der Waals surface area contributed by atoms with Crippen molar-refractivity contribution < 1.29 is 9.59 Å². The van der Waals surface area contributed by atoms with Gasteiger partial charge in [0.15, 0.2) is 5.13 Å². The summed E-state index contributed by atoms with van der Waals surface area (Å²) in [7, 11) is 0. The van der Waals surface area contributed by atoms with Crippen LogP contribution in [0, 0.1) is 11.3 Å². The van der Waals surface area contributed by atoms with Crippen LogP contribution in [0.25, 0.3) is 0 Å². The molecule has 40 heavy (non-hydrogen) atoms. The smallest absolute Gasteiger partial charge is 0.266 e. The first-order valence-corrected chi connectivity index (χ1v) is 14.6. The van der Waals surface area contributed by atoms with E-state index in [0.717, 1.165) is 27.9 Å². The molecule has 200 valence electrons. The number of hydrogen-bond donors (Lipinski definition) is 2. The first-order chi connectivity index (χ1) is 19.4. The number of amides is 2. The van der Waals surface area contributed by atoms with E-state index >= 15 is 0 Å². The summed E-state index contributed by atoms with van der Waals surface area (Å²) in [6, 6.07) is 26.1. The first kappa shape index (κ1) is 27.7. The van der Waals surface area contributed by atoms with Gasteiger partial charge in [-0.15, -0.1) is 11.3 Å². The van der Waals surface area contributed by atoms with Crippen LogP contribution in [0.4, 0.5) is 10.8 Å². The Bertz CT molecular complexity index is 1630. The maximum absolute atomic E-state index is 13.0. The van der Waals surface area contributed by atoms with E-state index in [1.54, 1.807) is 18.3 Å². The van der Waals surface area contributed by atoms with Crippen LogP contribution in [0.2, 0.25) is 10.0 Å². The standard InChI is InChI=1S/C29H21Cl2N5O2S2/c30-19-8-6-7-18(13-19)14-21-16-33-29(40-21)34-25(37)17-39-28-23(15-32)27(38)35-26(22-11-4-5-12-24(22)31)36(28)20-9-2-1-3-10-20/h1-13,16,26H,14,17H2,(H,35,38)(H,33,34,37)/t26-/m1/s1. The van der Waals surface area contributed by atoms with Crippen molar-refractivity contribution in [2.45, 2.75) is 12.6 Å². The number of anilines is 2. The predicted octanol–water partition coefficient (Wildman–Crippen LogP) is 6.78. The van der Waals surface area contributed by atoms with Crippen LogP contribution in [0.5, 0.6) is 0 Å².